The standard InChI is InChI=1S/C24H17BrClN3O2/c25-18-11-12-21-19(14-18)23(24(31)29(21)15-17-8-4-5-9-20(17)26)28-27-22(30)13-10-16-6-2-1-3-7-16/h1-14,31H,15H2/b13-10+,28-27?. The molecular formula is C24H17BrClN3O2. The molecule has 0 spiro atoms. The van der Waals surface area contributed by atoms with Gasteiger partial charge in [0.15, 0.2) is 5.69 Å². The maximum Gasteiger partial charge on any atom is 0.288 e. The van der Waals surface area contributed by atoms with Crippen molar-refractivity contribution < 1.29 is 9.90 Å². The summed E-state index contributed by atoms with van der Waals surface area (Å²) in [7, 11) is 0. The molecule has 0 aliphatic carbocycles. The van der Waals surface area contributed by atoms with Crippen molar-refractivity contribution in [3.8, 4) is 5.88 Å². The molecule has 5 nitrogen and oxygen atoms in total. The number of hydrogen-bond acceptors (Lipinski definition) is 3. The van der Waals surface area contributed by atoms with Crippen molar-refractivity contribution in [2.75, 3.05) is 0 Å². The maximum atomic E-state index is 12.2. The summed E-state index contributed by atoms with van der Waals surface area (Å²) in [5, 5.41) is 20.0. The second kappa shape index (κ2) is 9.29. The zero-order valence-electron chi connectivity index (χ0n) is 16.2. The number of nitrogens with zero attached hydrogens (tertiary/aromatic N) is 3. The molecule has 4 rings (SSSR count). The number of fused-ring (bicyclic) bond motifs is 1. The van der Waals surface area contributed by atoms with E-state index in [2.05, 4.69) is 26.2 Å². The zero-order valence-corrected chi connectivity index (χ0v) is 18.6. The lowest BCUT2D eigenvalue weighted by molar-refractivity contribution is -0.113. The Morgan fingerprint density at radius 2 is 1.81 bits per heavy atom. The van der Waals surface area contributed by atoms with Crippen LogP contribution in [0, 0.1) is 0 Å². The van der Waals surface area contributed by atoms with Crippen LogP contribution in [0.2, 0.25) is 5.02 Å². The van der Waals surface area contributed by atoms with Crippen molar-refractivity contribution in [2.24, 2.45) is 10.2 Å². The van der Waals surface area contributed by atoms with E-state index < -0.39 is 5.91 Å². The average molecular weight is 495 g/mol. The minimum Gasteiger partial charge on any atom is -0.493 e. The minimum absolute atomic E-state index is 0.0865. The molecule has 0 aliphatic rings. The van der Waals surface area contributed by atoms with Crippen LogP contribution in [0.4, 0.5) is 5.69 Å². The van der Waals surface area contributed by atoms with E-state index in [0.29, 0.717) is 17.0 Å². The molecule has 0 bridgehead atoms. The molecule has 0 aliphatic heterocycles. The third kappa shape index (κ3) is 4.76. The van der Waals surface area contributed by atoms with Crippen LogP contribution < -0.4 is 0 Å². The number of amides is 1. The van der Waals surface area contributed by atoms with Gasteiger partial charge in [-0.15, -0.1) is 10.2 Å². The highest BCUT2D eigenvalue weighted by Crippen LogP contribution is 2.40. The quantitative estimate of drug-likeness (QED) is 0.237. The van der Waals surface area contributed by atoms with E-state index in [-0.39, 0.29) is 11.6 Å². The number of azo groups is 1. The lowest BCUT2D eigenvalue weighted by atomic mass is 10.2. The summed E-state index contributed by atoms with van der Waals surface area (Å²) in [5.74, 6) is -0.609. The van der Waals surface area contributed by atoms with Crippen LogP contribution in [-0.4, -0.2) is 15.6 Å². The summed E-state index contributed by atoms with van der Waals surface area (Å²) >= 11 is 9.75. The highest BCUT2D eigenvalue weighted by Gasteiger charge is 2.18. The number of hydrogen-bond donors (Lipinski definition) is 1. The van der Waals surface area contributed by atoms with Gasteiger partial charge in [0.2, 0.25) is 5.88 Å². The number of benzene rings is 3. The lowest BCUT2D eigenvalue weighted by Gasteiger charge is -2.08. The predicted molar refractivity (Wildman–Crippen MR) is 127 cm³/mol. The van der Waals surface area contributed by atoms with Gasteiger partial charge in [-0.1, -0.05) is 76.1 Å². The van der Waals surface area contributed by atoms with Crippen molar-refractivity contribution in [1.29, 1.82) is 0 Å². The van der Waals surface area contributed by atoms with Crippen molar-refractivity contribution >= 4 is 56.1 Å². The van der Waals surface area contributed by atoms with Gasteiger partial charge in [-0.3, -0.25) is 4.79 Å². The summed E-state index contributed by atoms with van der Waals surface area (Å²) in [4.78, 5) is 12.2. The third-order valence-corrected chi connectivity index (χ3v) is 5.59. The van der Waals surface area contributed by atoms with E-state index in [1.54, 1.807) is 16.7 Å². The van der Waals surface area contributed by atoms with E-state index in [1.165, 1.54) is 6.08 Å². The second-order valence-electron chi connectivity index (χ2n) is 6.79. The minimum atomic E-state index is -0.523. The molecule has 1 heterocycles. The molecular weight excluding hydrogens is 478 g/mol. The number of carbonyl (C=O) groups excluding carboxylic acids is 1. The second-order valence-corrected chi connectivity index (χ2v) is 8.12. The first-order valence-corrected chi connectivity index (χ1v) is 10.6. The Balaban J connectivity index is 1.69. The van der Waals surface area contributed by atoms with E-state index in [0.717, 1.165) is 21.1 Å². The Morgan fingerprint density at radius 3 is 2.58 bits per heavy atom. The lowest BCUT2D eigenvalue weighted by Crippen LogP contribution is -1.99. The van der Waals surface area contributed by atoms with Crippen LogP contribution in [0.3, 0.4) is 0 Å². The average Bonchev–Trinajstić information content (AvgIpc) is 3.03. The summed E-state index contributed by atoms with van der Waals surface area (Å²) in [6, 6.07) is 22.4. The van der Waals surface area contributed by atoms with Crippen LogP contribution >= 0.6 is 27.5 Å². The number of aromatic nitrogens is 1. The first kappa shape index (κ1) is 21.0. The van der Waals surface area contributed by atoms with Crippen LogP contribution in [0.1, 0.15) is 11.1 Å². The molecule has 31 heavy (non-hydrogen) atoms. The van der Waals surface area contributed by atoms with Gasteiger partial charge in [0.05, 0.1) is 12.1 Å². The smallest absolute Gasteiger partial charge is 0.288 e. The maximum absolute atomic E-state index is 12.2. The Kier molecular flexibility index (Phi) is 6.30. The van der Waals surface area contributed by atoms with Crippen molar-refractivity contribution in [3.63, 3.8) is 0 Å². The molecule has 1 amide bonds. The summed E-state index contributed by atoms with van der Waals surface area (Å²) in [6.07, 6.45) is 3.01. The van der Waals surface area contributed by atoms with Gasteiger partial charge in [0.25, 0.3) is 5.91 Å². The van der Waals surface area contributed by atoms with Gasteiger partial charge in [0, 0.05) is 21.0 Å². The predicted octanol–water partition coefficient (Wildman–Crippen LogP) is 7.13. The van der Waals surface area contributed by atoms with Crippen LogP contribution in [0.15, 0.2) is 93.6 Å². The largest absolute Gasteiger partial charge is 0.493 e. The Hall–Kier alpha value is -3.22. The normalized spacial score (nSPS) is 11.7. The SMILES string of the molecule is O=C(/C=C/c1ccccc1)N=Nc1c(O)n(Cc2ccccc2Cl)c2ccc(Br)cc12. The molecule has 0 unspecified atom stereocenters. The Labute approximate surface area is 192 Å². The third-order valence-electron chi connectivity index (χ3n) is 4.72. The van der Waals surface area contributed by atoms with Crippen molar-refractivity contribution in [1.82, 2.24) is 4.57 Å². The molecule has 154 valence electrons. The molecule has 1 aromatic heterocycles. The summed E-state index contributed by atoms with van der Waals surface area (Å²) in [6.45, 7) is 0.348. The molecule has 0 saturated carbocycles. The van der Waals surface area contributed by atoms with E-state index in [9.17, 15) is 9.90 Å². The van der Waals surface area contributed by atoms with Gasteiger partial charge >= 0.3 is 0 Å². The number of aromatic hydroxyl groups is 1. The van der Waals surface area contributed by atoms with Crippen LogP contribution in [0.5, 0.6) is 5.88 Å². The van der Waals surface area contributed by atoms with Crippen molar-refractivity contribution in [3.05, 3.63) is 99.5 Å². The number of rotatable bonds is 5. The molecule has 7 heteroatoms. The van der Waals surface area contributed by atoms with E-state index >= 15 is 0 Å². The molecule has 1 N–H and O–H groups in total. The van der Waals surface area contributed by atoms with Gasteiger partial charge in [-0.2, -0.15) is 0 Å². The molecule has 4 aromatic rings. The van der Waals surface area contributed by atoms with Gasteiger partial charge < -0.3 is 9.67 Å². The fourth-order valence-electron chi connectivity index (χ4n) is 3.22. The molecule has 0 radical (unpaired) electrons. The molecule has 3 aromatic carbocycles. The van der Waals surface area contributed by atoms with E-state index in [4.69, 9.17) is 11.6 Å². The fraction of sp³-hybridized carbons (Fsp3) is 0.0417. The number of halogens is 2. The summed E-state index contributed by atoms with van der Waals surface area (Å²) in [5.41, 5.74) is 2.71. The monoisotopic (exact) mass is 493 g/mol. The zero-order chi connectivity index (χ0) is 21.8. The fourth-order valence-corrected chi connectivity index (χ4v) is 3.77. The van der Waals surface area contributed by atoms with Gasteiger partial charge in [-0.05, 0) is 41.5 Å². The highest BCUT2D eigenvalue weighted by molar-refractivity contribution is 9.10. The molecule has 0 atom stereocenters. The van der Waals surface area contributed by atoms with E-state index in [1.807, 2.05) is 66.7 Å². The van der Waals surface area contributed by atoms with Crippen molar-refractivity contribution in [2.45, 2.75) is 6.54 Å². The highest BCUT2D eigenvalue weighted by atomic mass is 79.9. The molecule has 0 saturated heterocycles. The van der Waals surface area contributed by atoms with Gasteiger partial charge in [-0.25, -0.2) is 0 Å². The van der Waals surface area contributed by atoms with Crippen LogP contribution in [-0.2, 0) is 11.3 Å². The van der Waals surface area contributed by atoms with Crippen LogP contribution in [0.25, 0.3) is 17.0 Å². The van der Waals surface area contributed by atoms with Gasteiger partial charge in [0.1, 0.15) is 0 Å². The molecule has 0 fully saturated rings. The first-order chi connectivity index (χ1) is 15.0. The number of carbonyl (C=O) groups is 1. The summed E-state index contributed by atoms with van der Waals surface area (Å²) < 4.78 is 2.52. The first-order valence-electron chi connectivity index (χ1n) is 9.46. The topological polar surface area (TPSA) is 66.9 Å². The Morgan fingerprint density at radius 1 is 1.06 bits per heavy atom. The Bertz CT molecular complexity index is 1310.